The molecule has 0 heterocycles. The zero-order valence-electron chi connectivity index (χ0n) is 19.7. The molecule has 29 heavy (non-hydrogen) atoms. The zero-order chi connectivity index (χ0) is 21.8. The normalized spacial score (nSPS) is 13.5. The molecular formula is C25H47NO3. The molecule has 0 aliphatic heterocycles. The van der Waals surface area contributed by atoms with Gasteiger partial charge in [-0.15, -0.1) is 0 Å². The SMILES string of the molecule is CCCCC/C=C/C/C=C/CCCCCCCCOC(CC(=O)[O-])C[N+](C)(C)C. The van der Waals surface area contributed by atoms with Gasteiger partial charge in [0.05, 0.1) is 21.1 Å². The Morgan fingerprint density at radius 3 is 1.97 bits per heavy atom. The van der Waals surface area contributed by atoms with Crippen LogP contribution in [0.5, 0.6) is 0 Å². The Hall–Kier alpha value is -1.13. The fourth-order valence-electron chi connectivity index (χ4n) is 3.31. The molecule has 1 unspecified atom stereocenters. The van der Waals surface area contributed by atoms with Crippen LogP contribution in [0.2, 0.25) is 0 Å². The number of carboxylic acid groups (broad SMARTS) is 1. The molecule has 0 rings (SSSR count). The summed E-state index contributed by atoms with van der Waals surface area (Å²) >= 11 is 0. The number of hydrogen-bond donors (Lipinski definition) is 0. The van der Waals surface area contributed by atoms with Crippen molar-refractivity contribution in [3.05, 3.63) is 24.3 Å². The van der Waals surface area contributed by atoms with Crippen LogP contribution in [0, 0.1) is 0 Å². The summed E-state index contributed by atoms with van der Waals surface area (Å²) in [6.07, 6.45) is 23.6. The number of hydrogen-bond acceptors (Lipinski definition) is 3. The average molecular weight is 410 g/mol. The van der Waals surface area contributed by atoms with Gasteiger partial charge in [-0.2, -0.15) is 0 Å². The molecule has 4 nitrogen and oxygen atoms in total. The molecule has 0 saturated carbocycles. The Labute approximate surface area is 180 Å². The summed E-state index contributed by atoms with van der Waals surface area (Å²) < 4.78 is 6.49. The van der Waals surface area contributed by atoms with Gasteiger partial charge in [0.1, 0.15) is 12.6 Å². The number of carboxylic acids is 1. The second-order valence-corrected chi connectivity index (χ2v) is 9.13. The second kappa shape index (κ2) is 18.9. The monoisotopic (exact) mass is 409 g/mol. The smallest absolute Gasteiger partial charge is 0.112 e. The average Bonchev–Trinajstić information content (AvgIpc) is 2.62. The zero-order valence-corrected chi connectivity index (χ0v) is 19.7. The molecular weight excluding hydrogens is 362 g/mol. The van der Waals surface area contributed by atoms with Crippen molar-refractivity contribution >= 4 is 5.97 Å². The minimum absolute atomic E-state index is 0.0162. The Morgan fingerprint density at radius 2 is 1.41 bits per heavy atom. The quantitative estimate of drug-likeness (QED) is 0.161. The molecule has 170 valence electrons. The van der Waals surface area contributed by atoms with Gasteiger partial charge in [-0.05, 0) is 38.5 Å². The molecule has 0 bridgehead atoms. The molecule has 0 saturated heterocycles. The van der Waals surface area contributed by atoms with E-state index in [2.05, 4.69) is 31.2 Å². The first-order valence-electron chi connectivity index (χ1n) is 11.8. The predicted octanol–water partition coefficient (Wildman–Crippen LogP) is 5.03. The molecule has 0 spiro atoms. The number of nitrogens with zero attached hydrogens (tertiary/aromatic N) is 1. The molecule has 0 aromatic rings. The molecule has 0 amide bonds. The fourth-order valence-corrected chi connectivity index (χ4v) is 3.31. The van der Waals surface area contributed by atoms with Crippen LogP contribution in [0.4, 0.5) is 0 Å². The van der Waals surface area contributed by atoms with E-state index in [0.717, 1.165) is 19.3 Å². The molecule has 0 fully saturated rings. The van der Waals surface area contributed by atoms with Crippen LogP contribution in [0.1, 0.15) is 90.4 Å². The van der Waals surface area contributed by atoms with Gasteiger partial charge in [-0.3, -0.25) is 0 Å². The number of rotatable bonds is 20. The number of carbonyl (C=O) groups excluding carboxylic acids is 1. The lowest BCUT2D eigenvalue weighted by molar-refractivity contribution is -0.873. The maximum atomic E-state index is 10.9. The summed E-state index contributed by atoms with van der Waals surface area (Å²) in [7, 11) is 6.14. The number of carbonyl (C=O) groups is 1. The highest BCUT2D eigenvalue weighted by Crippen LogP contribution is 2.10. The van der Waals surface area contributed by atoms with Crippen LogP contribution in [-0.4, -0.2) is 50.9 Å². The molecule has 0 aliphatic rings. The number of quaternary nitrogens is 1. The van der Waals surface area contributed by atoms with Gasteiger partial charge in [0.2, 0.25) is 0 Å². The van der Waals surface area contributed by atoms with E-state index in [4.69, 9.17) is 4.74 Å². The number of unbranched alkanes of at least 4 members (excludes halogenated alkanes) is 9. The van der Waals surface area contributed by atoms with Crippen molar-refractivity contribution in [2.45, 2.75) is 96.5 Å². The lowest BCUT2D eigenvalue weighted by atomic mass is 10.1. The van der Waals surface area contributed by atoms with E-state index in [1.54, 1.807) is 0 Å². The van der Waals surface area contributed by atoms with Crippen molar-refractivity contribution in [3.63, 3.8) is 0 Å². The van der Waals surface area contributed by atoms with E-state index in [1.807, 2.05) is 21.1 Å². The van der Waals surface area contributed by atoms with Crippen molar-refractivity contribution in [1.82, 2.24) is 0 Å². The van der Waals surface area contributed by atoms with E-state index in [0.29, 0.717) is 17.6 Å². The van der Waals surface area contributed by atoms with Gasteiger partial charge in [0, 0.05) is 19.0 Å². The summed E-state index contributed by atoms with van der Waals surface area (Å²) in [4.78, 5) is 10.9. The number of aliphatic carboxylic acids is 1. The summed E-state index contributed by atoms with van der Waals surface area (Å²) in [5.74, 6) is -1.03. The van der Waals surface area contributed by atoms with Crippen molar-refractivity contribution in [2.24, 2.45) is 0 Å². The third-order valence-electron chi connectivity index (χ3n) is 4.84. The summed E-state index contributed by atoms with van der Waals surface area (Å²) in [5.41, 5.74) is 0. The maximum Gasteiger partial charge on any atom is 0.112 e. The maximum absolute atomic E-state index is 10.9. The van der Waals surface area contributed by atoms with Crippen LogP contribution in [0.3, 0.4) is 0 Å². The van der Waals surface area contributed by atoms with E-state index >= 15 is 0 Å². The third kappa shape index (κ3) is 23.0. The highest BCUT2D eigenvalue weighted by molar-refractivity contribution is 5.64. The van der Waals surface area contributed by atoms with Crippen LogP contribution >= 0.6 is 0 Å². The number of ether oxygens (including phenoxy) is 1. The minimum Gasteiger partial charge on any atom is -0.550 e. The third-order valence-corrected chi connectivity index (χ3v) is 4.84. The Kier molecular flexibility index (Phi) is 18.1. The highest BCUT2D eigenvalue weighted by Gasteiger charge is 2.18. The lowest BCUT2D eigenvalue weighted by Gasteiger charge is -2.29. The summed E-state index contributed by atoms with van der Waals surface area (Å²) in [5, 5.41) is 10.9. The van der Waals surface area contributed by atoms with Crippen LogP contribution < -0.4 is 5.11 Å². The molecule has 0 radical (unpaired) electrons. The Balaban J connectivity index is 3.53. The van der Waals surface area contributed by atoms with E-state index in [9.17, 15) is 9.90 Å². The number of allylic oxidation sites excluding steroid dienone is 4. The van der Waals surface area contributed by atoms with Crippen LogP contribution in [-0.2, 0) is 9.53 Å². The fraction of sp³-hybridized carbons (Fsp3) is 0.800. The van der Waals surface area contributed by atoms with Gasteiger partial charge < -0.3 is 19.1 Å². The summed E-state index contributed by atoms with van der Waals surface area (Å²) in [6.45, 7) is 3.58. The lowest BCUT2D eigenvalue weighted by Crippen LogP contribution is -2.44. The highest BCUT2D eigenvalue weighted by atomic mass is 16.5. The van der Waals surface area contributed by atoms with E-state index in [1.165, 1.54) is 57.8 Å². The number of likely N-dealkylation sites (N-methyl/N-ethyl adjacent to an activating group) is 1. The van der Waals surface area contributed by atoms with Gasteiger partial charge in [0.15, 0.2) is 0 Å². The topological polar surface area (TPSA) is 49.4 Å². The largest absolute Gasteiger partial charge is 0.550 e. The molecule has 0 N–H and O–H groups in total. The second-order valence-electron chi connectivity index (χ2n) is 9.13. The Bertz CT molecular complexity index is 438. The van der Waals surface area contributed by atoms with Gasteiger partial charge in [-0.25, -0.2) is 0 Å². The molecule has 0 aromatic heterocycles. The van der Waals surface area contributed by atoms with Crippen molar-refractivity contribution in [3.8, 4) is 0 Å². The van der Waals surface area contributed by atoms with Crippen LogP contribution in [0.25, 0.3) is 0 Å². The first kappa shape index (κ1) is 27.9. The van der Waals surface area contributed by atoms with Crippen molar-refractivity contribution in [1.29, 1.82) is 0 Å². The first-order valence-corrected chi connectivity index (χ1v) is 11.8. The van der Waals surface area contributed by atoms with Gasteiger partial charge >= 0.3 is 0 Å². The first-order chi connectivity index (χ1) is 13.8. The van der Waals surface area contributed by atoms with E-state index < -0.39 is 5.97 Å². The molecule has 1 atom stereocenters. The predicted molar refractivity (Wildman–Crippen MR) is 122 cm³/mol. The summed E-state index contributed by atoms with van der Waals surface area (Å²) in [6, 6.07) is 0. The molecule has 0 aliphatic carbocycles. The molecule has 4 heteroatoms. The van der Waals surface area contributed by atoms with Crippen molar-refractivity contribution < 1.29 is 19.1 Å². The molecule has 0 aromatic carbocycles. The van der Waals surface area contributed by atoms with Gasteiger partial charge in [-0.1, -0.05) is 69.8 Å². The minimum atomic E-state index is -1.03. The standard InChI is InChI=1S/C25H47NO3/c1-5-6-7-8-9-10-11-12-13-14-15-16-17-18-19-20-21-29-24(22-25(27)28)23-26(2,3)4/h9-10,12-13,24H,5-8,11,14-23H2,1-4H3/b10-9+,13-12+. The Morgan fingerprint density at radius 1 is 0.862 bits per heavy atom. The van der Waals surface area contributed by atoms with Gasteiger partial charge in [0.25, 0.3) is 0 Å². The van der Waals surface area contributed by atoms with Crippen molar-refractivity contribution in [2.75, 3.05) is 34.3 Å². The van der Waals surface area contributed by atoms with E-state index in [-0.39, 0.29) is 12.5 Å². The van der Waals surface area contributed by atoms with Crippen LogP contribution in [0.15, 0.2) is 24.3 Å².